The number of halogens is 1. The van der Waals surface area contributed by atoms with Crippen LogP contribution in [0.1, 0.15) is 34.4 Å². The van der Waals surface area contributed by atoms with Gasteiger partial charge in [0.05, 0.1) is 11.8 Å². The van der Waals surface area contributed by atoms with Crippen molar-refractivity contribution in [1.29, 1.82) is 5.26 Å². The lowest BCUT2D eigenvalue weighted by Crippen LogP contribution is -2.32. The first kappa shape index (κ1) is 18.1. The van der Waals surface area contributed by atoms with Gasteiger partial charge in [0.1, 0.15) is 11.1 Å². The van der Waals surface area contributed by atoms with Crippen molar-refractivity contribution in [2.24, 2.45) is 5.10 Å². The smallest absolute Gasteiger partial charge is 0.308 e. The minimum absolute atomic E-state index is 0.429. The molecule has 0 radical (unpaired) electrons. The molecule has 1 aliphatic rings. The van der Waals surface area contributed by atoms with Crippen molar-refractivity contribution in [3.8, 4) is 6.07 Å². The summed E-state index contributed by atoms with van der Waals surface area (Å²) < 4.78 is 0. The maximum absolute atomic E-state index is 12.1. The summed E-state index contributed by atoms with van der Waals surface area (Å²) in [7, 11) is 0. The molecule has 0 atom stereocenters. The Morgan fingerprint density at radius 3 is 2.85 bits per heavy atom. The number of anilines is 1. The number of amides is 2. The molecule has 6 nitrogen and oxygen atoms in total. The van der Waals surface area contributed by atoms with Gasteiger partial charge in [0.15, 0.2) is 0 Å². The largest absolute Gasteiger partial charge is 0.329 e. The molecule has 2 aromatic rings. The van der Waals surface area contributed by atoms with Gasteiger partial charge in [-0.25, -0.2) is 5.43 Å². The first-order chi connectivity index (χ1) is 12.6. The van der Waals surface area contributed by atoms with E-state index >= 15 is 0 Å². The van der Waals surface area contributed by atoms with Gasteiger partial charge in [-0.1, -0.05) is 23.7 Å². The molecule has 3 rings (SSSR count). The third-order valence-electron chi connectivity index (χ3n) is 3.94. The van der Waals surface area contributed by atoms with E-state index in [1.807, 2.05) is 0 Å². The van der Waals surface area contributed by atoms with E-state index in [9.17, 15) is 14.9 Å². The summed E-state index contributed by atoms with van der Waals surface area (Å²) in [6.07, 6.45) is 5.23. The highest BCUT2D eigenvalue weighted by Gasteiger charge is 2.23. The molecular formula is C18H15ClN4O2S. The topological polar surface area (TPSA) is 94.4 Å². The molecule has 8 heteroatoms. The number of fused-ring (bicyclic) bond motifs is 1. The van der Waals surface area contributed by atoms with Crippen LogP contribution in [0.15, 0.2) is 29.4 Å². The van der Waals surface area contributed by atoms with Gasteiger partial charge in [-0.3, -0.25) is 9.59 Å². The number of carbonyl (C=O) groups is 2. The van der Waals surface area contributed by atoms with Crippen molar-refractivity contribution in [3.05, 3.63) is 50.9 Å². The molecular weight excluding hydrogens is 372 g/mol. The number of nitrogens with one attached hydrogen (secondary N) is 2. The van der Waals surface area contributed by atoms with Crippen LogP contribution in [-0.2, 0) is 22.4 Å². The summed E-state index contributed by atoms with van der Waals surface area (Å²) in [6.45, 7) is 0. The molecule has 132 valence electrons. The number of hydrogen-bond acceptors (Lipinski definition) is 5. The van der Waals surface area contributed by atoms with Crippen LogP contribution in [0.2, 0.25) is 5.02 Å². The van der Waals surface area contributed by atoms with Crippen molar-refractivity contribution < 1.29 is 9.59 Å². The van der Waals surface area contributed by atoms with Crippen LogP contribution in [-0.4, -0.2) is 18.0 Å². The highest BCUT2D eigenvalue weighted by Crippen LogP contribution is 2.37. The molecule has 0 fully saturated rings. The lowest BCUT2D eigenvalue weighted by molar-refractivity contribution is -0.136. The number of rotatable bonds is 3. The Hall–Kier alpha value is -2.69. The van der Waals surface area contributed by atoms with E-state index in [2.05, 4.69) is 21.9 Å². The Morgan fingerprint density at radius 1 is 1.27 bits per heavy atom. The van der Waals surface area contributed by atoms with Crippen LogP contribution in [0.3, 0.4) is 0 Å². The number of nitrogens with zero attached hydrogens (tertiary/aromatic N) is 2. The number of benzene rings is 1. The van der Waals surface area contributed by atoms with Crippen molar-refractivity contribution in [3.63, 3.8) is 0 Å². The van der Waals surface area contributed by atoms with Crippen LogP contribution in [0.25, 0.3) is 0 Å². The number of hydrogen-bond donors (Lipinski definition) is 2. The average Bonchev–Trinajstić information content (AvgIpc) is 2.98. The predicted octanol–water partition coefficient (Wildman–Crippen LogP) is 3.24. The molecule has 26 heavy (non-hydrogen) atoms. The molecule has 0 saturated carbocycles. The highest BCUT2D eigenvalue weighted by atomic mass is 35.5. The standard InChI is InChI=1S/C18H15ClN4O2S/c19-12-5-3-4-11(8-12)10-21-23-17(25)16(24)22-18-14(9-20)13-6-1-2-7-15(13)26-18/h3-5,8,10H,1-2,6-7H2,(H,22,24)(H,23,25)/b21-10-. The zero-order valence-electron chi connectivity index (χ0n) is 13.7. The average molecular weight is 387 g/mol. The summed E-state index contributed by atoms with van der Waals surface area (Å²) in [6, 6.07) is 9.04. The van der Waals surface area contributed by atoms with Gasteiger partial charge in [-0.15, -0.1) is 11.3 Å². The quantitative estimate of drug-likeness (QED) is 0.481. The van der Waals surface area contributed by atoms with Crippen LogP contribution in [0.4, 0.5) is 5.00 Å². The molecule has 1 heterocycles. The van der Waals surface area contributed by atoms with Gasteiger partial charge in [0, 0.05) is 9.90 Å². The zero-order chi connectivity index (χ0) is 18.5. The summed E-state index contributed by atoms with van der Waals surface area (Å²) in [5.74, 6) is -1.76. The molecule has 2 N–H and O–H groups in total. The molecule has 1 aliphatic carbocycles. The maximum atomic E-state index is 12.1. The molecule has 1 aromatic heterocycles. The number of aryl methyl sites for hydroxylation is 1. The van der Waals surface area contributed by atoms with Crippen LogP contribution < -0.4 is 10.7 Å². The molecule has 0 unspecified atom stereocenters. The molecule has 1 aromatic carbocycles. The third kappa shape index (κ3) is 4.10. The number of thiophene rings is 1. The first-order valence-corrected chi connectivity index (χ1v) is 9.22. The van der Waals surface area contributed by atoms with E-state index < -0.39 is 11.8 Å². The lowest BCUT2D eigenvalue weighted by atomic mass is 9.96. The van der Waals surface area contributed by atoms with Crippen molar-refractivity contribution >= 4 is 46.0 Å². The van der Waals surface area contributed by atoms with Crippen LogP contribution in [0.5, 0.6) is 0 Å². The van der Waals surface area contributed by atoms with E-state index in [0.717, 1.165) is 36.1 Å². The van der Waals surface area contributed by atoms with Gasteiger partial charge in [0.2, 0.25) is 0 Å². The highest BCUT2D eigenvalue weighted by molar-refractivity contribution is 7.16. The third-order valence-corrected chi connectivity index (χ3v) is 5.39. The lowest BCUT2D eigenvalue weighted by Gasteiger charge is -2.09. The SMILES string of the molecule is N#Cc1c(NC(=O)C(=O)N/N=C\c2cccc(Cl)c2)sc2c1CCCC2. The Balaban J connectivity index is 1.64. The second kappa shape index (κ2) is 8.13. The first-order valence-electron chi connectivity index (χ1n) is 8.03. The maximum Gasteiger partial charge on any atom is 0.329 e. The molecule has 0 saturated heterocycles. The Morgan fingerprint density at radius 2 is 2.08 bits per heavy atom. The molecule has 2 amide bonds. The Labute approximate surface area is 159 Å². The fraction of sp³-hybridized carbons (Fsp3) is 0.222. The molecule has 0 aliphatic heterocycles. The van der Waals surface area contributed by atoms with E-state index in [4.69, 9.17) is 11.6 Å². The fourth-order valence-corrected chi connectivity index (χ4v) is 4.17. The number of hydrazone groups is 1. The molecule has 0 spiro atoms. The Bertz CT molecular complexity index is 930. The van der Waals surface area contributed by atoms with Gasteiger partial charge >= 0.3 is 11.8 Å². The predicted molar refractivity (Wildman–Crippen MR) is 101 cm³/mol. The normalized spacial score (nSPS) is 13.1. The summed E-state index contributed by atoms with van der Waals surface area (Å²) in [4.78, 5) is 25.1. The van der Waals surface area contributed by atoms with Gasteiger partial charge in [0.25, 0.3) is 0 Å². The molecule has 0 bridgehead atoms. The summed E-state index contributed by atoms with van der Waals surface area (Å²) in [5.41, 5.74) is 4.32. The van der Waals surface area contributed by atoms with Crippen molar-refractivity contribution in [1.82, 2.24) is 5.43 Å². The van der Waals surface area contributed by atoms with Crippen molar-refractivity contribution in [2.75, 3.05) is 5.32 Å². The fourth-order valence-electron chi connectivity index (χ4n) is 2.74. The second-order valence-electron chi connectivity index (χ2n) is 5.74. The van der Waals surface area contributed by atoms with Gasteiger partial charge in [-0.2, -0.15) is 10.4 Å². The monoisotopic (exact) mass is 386 g/mol. The van der Waals surface area contributed by atoms with E-state index in [1.165, 1.54) is 17.6 Å². The summed E-state index contributed by atoms with van der Waals surface area (Å²) >= 11 is 7.23. The van der Waals surface area contributed by atoms with E-state index in [0.29, 0.717) is 21.2 Å². The number of carbonyl (C=O) groups excluding carboxylic acids is 2. The van der Waals surface area contributed by atoms with E-state index in [-0.39, 0.29) is 0 Å². The van der Waals surface area contributed by atoms with Crippen molar-refractivity contribution in [2.45, 2.75) is 25.7 Å². The number of nitriles is 1. The second-order valence-corrected chi connectivity index (χ2v) is 7.28. The zero-order valence-corrected chi connectivity index (χ0v) is 15.3. The van der Waals surface area contributed by atoms with Crippen LogP contribution >= 0.6 is 22.9 Å². The van der Waals surface area contributed by atoms with Gasteiger partial charge < -0.3 is 5.32 Å². The van der Waals surface area contributed by atoms with Gasteiger partial charge in [-0.05, 0) is 48.9 Å². The minimum atomic E-state index is -0.904. The van der Waals surface area contributed by atoms with Crippen LogP contribution in [0, 0.1) is 11.3 Å². The minimum Gasteiger partial charge on any atom is -0.308 e. The van der Waals surface area contributed by atoms with E-state index in [1.54, 1.807) is 24.3 Å². The summed E-state index contributed by atoms with van der Waals surface area (Å²) in [5, 5.41) is 16.6. The Kier molecular flexibility index (Phi) is 5.66.